The number of fused-ring (bicyclic) bond motifs is 2. The van der Waals surface area contributed by atoms with Gasteiger partial charge in [0, 0.05) is 16.3 Å². The summed E-state index contributed by atoms with van der Waals surface area (Å²) in [6.07, 6.45) is -1.34. The Labute approximate surface area is 174 Å². The van der Waals surface area contributed by atoms with Crippen molar-refractivity contribution in [3.05, 3.63) is 68.8 Å². The fourth-order valence-electron chi connectivity index (χ4n) is 2.87. The molecule has 12 heteroatoms. The van der Waals surface area contributed by atoms with E-state index < -0.39 is 35.5 Å². The van der Waals surface area contributed by atoms with E-state index >= 15 is 0 Å². The van der Waals surface area contributed by atoms with E-state index in [1.54, 1.807) is 11.8 Å². The van der Waals surface area contributed by atoms with Crippen LogP contribution < -0.4 is 4.90 Å². The smallest absolute Gasteiger partial charge is 0.308 e. The van der Waals surface area contributed by atoms with E-state index in [1.165, 1.54) is 0 Å². The summed E-state index contributed by atoms with van der Waals surface area (Å²) < 4.78 is 5.09. The minimum absolute atomic E-state index is 0.0548. The maximum Gasteiger partial charge on any atom is 0.308 e. The van der Waals surface area contributed by atoms with Crippen molar-refractivity contribution in [2.75, 3.05) is 24.7 Å². The Balaban J connectivity index is 1.66. The van der Waals surface area contributed by atoms with E-state index in [-0.39, 0.29) is 13.0 Å². The van der Waals surface area contributed by atoms with Gasteiger partial charge in [-0.15, -0.1) is 20.2 Å². The van der Waals surface area contributed by atoms with Crippen molar-refractivity contribution in [1.29, 1.82) is 0 Å². The van der Waals surface area contributed by atoms with Gasteiger partial charge in [0.25, 0.3) is 10.2 Å². The fraction of sp³-hybridized carbons (Fsp3) is 0.278. The molecule has 0 amide bonds. The normalized spacial score (nSPS) is 12.0. The van der Waals surface area contributed by atoms with E-state index in [2.05, 4.69) is 9.68 Å². The molecular weight excluding hydrogens is 418 g/mol. The van der Waals surface area contributed by atoms with Gasteiger partial charge in [-0.3, -0.25) is 4.79 Å². The Hall–Kier alpha value is -3.54. The van der Waals surface area contributed by atoms with Gasteiger partial charge in [0.1, 0.15) is 19.3 Å². The number of rotatable bonds is 10. The van der Waals surface area contributed by atoms with Crippen LogP contribution in [0.3, 0.4) is 0 Å². The summed E-state index contributed by atoms with van der Waals surface area (Å²) >= 11 is 1.63. The summed E-state index contributed by atoms with van der Waals surface area (Å²) in [6.45, 7) is -1.05. The summed E-state index contributed by atoms with van der Waals surface area (Å²) in [5.74, 6) is -0.688. The molecular formula is C18H17N3O8S. The Morgan fingerprint density at radius 2 is 1.43 bits per heavy atom. The summed E-state index contributed by atoms with van der Waals surface area (Å²) in [6, 6.07) is 15.5. The second-order valence-corrected chi connectivity index (χ2v) is 7.17. The van der Waals surface area contributed by atoms with Gasteiger partial charge in [-0.05, 0) is 24.3 Å². The number of carbonyl (C=O) groups is 1. The molecule has 0 spiro atoms. The zero-order chi connectivity index (χ0) is 21.5. The first-order valence-electron chi connectivity index (χ1n) is 8.81. The number of nitrogens with zero attached hydrogens (tertiary/aromatic N) is 3. The van der Waals surface area contributed by atoms with Crippen molar-refractivity contribution in [2.45, 2.75) is 22.3 Å². The van der Waals surface area contributed by atoms with Crippen molar-refractivity contribution in [3.8, 4) is 0 Å². The highest BCUT2D eigenvalue weighted by atomic mass is 32.2. The van der Waals surface area contributed by atoms with Crippen LogP contribution in [0.4, 0.5) is 11.4 Å². The fourth-order valence-corrected chi connectivity index (χ4v) is 3.97. The summed E-state index contributed by atoms with van der Waals surface area (Å²) in [5.41, 5.74) is 1.89. The number of carbonyl (C=O) groups excluding carboxylic acids is 1. The van der Waals surface area contributed by atoms with Crippen molar-refractivity contribution in [3.63, 3.8) is 0 Å². The van der Waals surface area contributed by atoms with Crippen LogP contribution in [0.15, 0.2) is 58.3 Å². The van der Waals surface area contributed by atoms with Crippen LogP contribution in [0.2, 0.25) is 0 Å². The molecule has 3 rings (SSSR count). The Morgan fingerprint density at radius 1 is 0.933 bits per heavy atom. The number of para-hydroxylation sites is 2. The monoisotopic (exact) mass is 435 g/mol. The van der Waals surface area contributed by atoms with Gasteiger partial charge < -0.3 is 19.3 Å². The third-order valence-corrected chi connectivity index (χ3v) is 5.23. The lowest BCUT2D eigenvalue weighted by molar-refractivity contribution is -0.768. The van der Waals surface area contributed by atoms with Gasteiger partial charge in [0.05, 0.1) is 17.8 Å². The van der Waals surface area contributed by atoms with Gasteiger partial charge in [0.15, 0.2) is 0 Å². The number of anilines is 2. The van der Waals surface area contributed by atoms with E-state index in [0.717, 1.165) is 21.2 Å². The molecule has 0 fully saturated rings. The topological polar surface area (TPSA) is 134 Å². The second-order valence-electron chi connectivity index (χ2n) is 6.09. The van der Waals surface area contributed by atoms with Gasteiger partial charge in [-0.25, -0.2) is 0 Å². The molecule has 11 nitrogen and oxygen atoms in total. The van der Waals surface area contributed by atoms with Crippen LogP contribution in [-0.2, 0) is 19.2 Å². The van der Waals surface area contributed by atoms with Crippen LogP contribution in [0, 0.1) is 20.2 Å². The Bertz CT molecular complexity index is 878. The lowest BCUT2D eigenvalue weighted by Crippen LogP contribution is -2.32. The minimum Gasteiger partial charge on any atom is -0.458 e. The van der Waals surface area contributed by atoms with Crippen LogP contribution in [0.25, 0.3) is 0 Å². The first-order chi connectivity index (χ1) is 14.4. The Morgan fingerprint density at radius 3 is 1.93 bits per heavy atom. The van der Waals surface area contributed by atoms with Gasteiger partial charge in [-0.2, -0.15) is 0 Å². The lowest BCUT2D eigenvalue weighted by atomic mass is 10.2. The molecule has 0 unspecified atom stereocenters. The Kier molecular flexibility index (Phi) is 6.91. The maximum atomic E-state index is 12.3. The molecule has 0 bridgehead atoms. The maximum absolute atomic E-state index is 12.3. The molecule has 1 aliphatic rings. The minimum atomic E-state index is -1.29. The van der Waals surface area contributed by atoms with E-state index in [9.17, 15) is 25.0 Å². The molecule has 0 saturated carbocycles. The molecule has 1 heterocycles. The van der Waals surface area contributed by atoms with Crippen LogP contribution in [0.1, 0.15) is 6.42 Å². The molecule has 0 atom stereocenters. The number of hydrogen-bond acceptors (Lipinski definition) is 10. The molecule has 158 valence electrons. The first kappa shape index (κ1) is 21.2. The standard InChI is InChI=1S/C18H17N3O8S/c22-18(29-13(11-27-20(23)24)12-28-21(25)26)9-10-19-14-5-1-3-7-16(14)30-17-8-4-2-6-15(17)19/h1-8,13H,9-12H2. The predicted octanol–water partition coefficient (Wildman–Crippen LogP) is 3.01. The summed E-state index contributed by atoms with van der Waals surface area (Å²) in [7, 11) is 0. The zero-order valence-electron chi connectivity index (χ0n) is 15.5. The van der Waals surface area contributed by atoms with Crippen LogP contribution >= 0.6 is 11.8 Å². The molecule has 0 N–H and O–H groups in total. The van der Waals surface area contributed by atoms with E-state index in [0.29, 0.717) is 0 Å². The molecule has 0 aromatic heterocycles. The highest BCUT2D eigenvalue weighted by molar-refractivity contribution is 7.99. The van der Waals surface area contributed by atoms with Crippen molar-refractivity contribution in [2.24, 2.45) is 0 Å². The summed E-state index contributed by atoms with van der Waals surface area (Å²) in [4.78, 5) is 45.4. The quantitative estimate of drug-likeness (QED) is 0.311. The number of ether oxygens (including phenoxy) is 1. The molecule has 0 radical (unpaired) electrons. The molecule has 0 aliphatic carbocycles. The van der Waals surface area contributed by atoms with Crippen LogP contribution in [-0.4, -0.2) is 42.0 Å². The van der Waals surface area contributed by atoms with Gasteiger partial charge >= 0.3 is 5.97 Å². The third kappa shape index (κ3) is 5.50. The first-order valence-corrected chi connectivity index (χ1v) is 9.63. The largest absolute Gasteiger partial charge is 0.458 e. The average molecular weight is 435 g/mol. The summed E-state index contributed by atoms with van der Waals surface area (Å²) in [5, 5.41) is 18.6. The highest BCUT2D eigenvalue weighted by Crippen LogP contribution is 2.47. The highest BCUT2D eigenvalue weighted by Gasteiger charge is 2.24. The predicted molar refractivity (Wildman–Crippen MR) is 104 cm³/mol. The second kappa shape index (κ2) is 9.78. The molecule has 0 saturated heterocycles. The molecule has 30 heavy (non-hydrogen) atoms. The number of benzene rings is 2. The van der Waals surface area contributed by atoms with Crippen molar-refractivity contribution in [1.82, 2.24) is 0 Å². The van der Waals surface area contributed by atoms with Gasteiger partial charge in [-0.1, -0.05) is 36.0 Å². The lowest BCUT2D eigenvalue weighted by Gasteiger charge is -2.32. The molecule has 1 aliphatic heterocycles. The number of hydrogen-bond donors (Lipinski definition) is 0. The van der Waals surface area contributed by atoms with Gasteiger partial charge in [0.2, 0.25) is 0 Å². The van der Waals surface area contributed by atoms with E-state index in [4.69, 9.17) is 4.74 Å². The third-order valence-electron chi connectivity index (χ3n) is 4.10. The van der Waals surface area contributed by atoms with Crippen molar-refractivity contribution < 1.29 is 29.4 Å². The number of esters is 1. The zero-order valence-corrected chi connectivity index (χ0v) is 16.4. The van der Waals surface area contributed by atoms with Crippen molar-refractivity contribution >= 4 is 29.1 Å². The average Bonchev–Trinajstić information content (AvgIpc) is 2.72. The van der Waals surface area contributed by atoms with E-state index in [1.807, 2.05) is 53.4 Å². The van der Waals surface area contributed by atoms with Crippen LogP contribution in [0.5, 0.6) is 0 Å². The SMILES string of the molecule is O=C(CCN1c2ccccc2Sc2ccccc21)OC(CO[N+](=O)[O-])CO[N+](=O)[O-]. The molecule has 2 aromatic rings. The molecule has 2 aromatic carbocycles.